The number of rotatable bonds is 4. The van der Waals surface area contributed by atoms with Crippen LogP contribution < -0.4 is 10.1 Å². The summed E-state index contributed by atoms with van der Waals surface area (Å²) in [5.41, 5.74) is 1.68. The first-order valence-corrected chi connectivity index (χ1v) is 7.55. The summed E-state index contributed by atoms with van der Waals surface area (Å²) in [7, 11) is 1.50. The normalized spacial score (nSPS) is 10.3. The zero-order valence-corrected chi connectivity index (χ0v) is 14.1. The summed E-state index contributed by atoms with van der Waals surface area (Å²) in [5, 5.41) is 12.4. The molecule has 0 bridgehead atoms. The van der Waals surface area contributed by atoms with Crippen molar-refractivity contribution >= 4 is 45.8 Å². The summed E-state index contributed by atoms with van der Waals surface area (Å²) in [4.78, 5) is 12.3. The molecule has 0 heterocycles. The summed E-state index contributed by atoms with van der Waals surface area (Å²) in [5.74, 6) is 0.139. The van der Waals surface area contributed by atoms with Gasteiger partial charge in [0.05, 0.1) is 24.3 Å². The van der Waals surface area contributed by atoms with Crippen molar-refractivity contribution in [3.8, 4) is 5.75 Å². The predicted molar refractivity (Wildman–Crippen MR) is 91.0 cm³/mol. The SMILES string of the molecule is COc1cc(I)c(Cl)cc1C(=O)Nc1cccc(CO)c1. The second-order valence-electron chi connectivity index (χ2n) is 4.28. The maximum Gasteiger partial charge on any atom is 0.259 e. The Morgan fingerprint density at radius 1 is 1.38 bits per heavy atom. The van der Waals surface area contributed by atoms with E-state index in [1.54, 1.807) is 36.4 Å². The van der Waals surface area contributed by atoms with Crippen molar-refractivity contribution < 1.29 is 14.6 Å². The molecule has 0 unspecified atom stereocenters. The van der Waals surface area contributed by atoms with Crippen LogP contribution in [0, 0.1) is 3.57 Å². The summed E-state index contributed by atoms with van der Waals surface area (Å²) in [6.45, 7) is -0.0810. The maximum atomic E-state index is 12.3. The number of hydrogen-bond acceptors (Lipinski definition) is 3. The molecule has 0 spiro atoms. The van der Waals surface area contributed by atoms with Gasteiger partial charge >= 0.3 is 0 Å². The third-order valence-corrected chi connectivity index (χ3v) is 4.38. The van der Waals surface area contributed by atoms with Gasteiger partial charge in [-0.3, -0.25) is 4.79 Å². The highest BCUT2D eigenvalue weighted by Crippen LogP contribution is 2.28. The third kappa shape index (κ3) is 3.87. The van der Waals surface area contributed by atoms with Crippen LogP contribution >= 0.6 is 34.2 Å². The van der Waals surface area contributed by atoms with Gasteiger partial charge in [-0.1, -0.05) is 23.7 Å². The molecule has 2 aromatic carbocycles. The van der Waals surface area contributed by atoms with Gasteiger partial charge in [-0.25, -0.2) is 0 Å². The molecule has 0 aliphatic rings. The fraction of sp³-hybridized carbons (Fsp3) is 0.133. The van der Waals surface area contributed by atoms with Gasteiger partial charge in [0.15, 0.2) is 0 Å². The fourth-order valence-electron chi connectivity index (χ4n) is 1.82. The van der Waals surface area contributed by atoms with Crippen LogP contribution in [-0.2, 0) is 6.61 Å². The molecule has 2 rings (SSSR count). The molecular formula is C15H13ClINO3. The molecule has 0 atom stereocenters. The lowest BCUT2D eigenvalue weighted by Crippen LogP contribution is -2.13. The van der Waals surface area contributed by atoms with Crippen molar-refractivity contribution in [3.05, 3.63) is 56.1 Å². The van der Waals surface area contributed by atoms with Crippen molar-refractivity contribution in [1.29, 1.82) is 0 Å². The smallest absolute Gasteiger partial charge is 0.259 e. The lowest BCUT2D eigenvalue weighted by Gasteiger charge is -2.11. The van der Waals surface area contributed by atoms with E-state index in [0.29, 0.717) is 22.0 Å². The molecule has 0 saturated heterocycles. The van der Waals surface area contributed by atoms with Crippen LogP contribution in [0.25, 0.3) is 0 Å². The molecule has 0 aliphatic carbocycles. The van der Waals surface area contributed by atoms with E-state index in [9.17, 15) is 4.79 Å². The summed E-state index contributed by atoms with van der Waals surface area (Å²) in [6.07, 6.45) is 0. The van der Waals surface area contributed by atoms with Gasteiger partial charge in [-0.05, 0) is 52.4 Å². The standard InChI is InChI=1S/C15H13ClINO3/c1-21-14-7-13(17)12(16)6-11(14)15(20)18-10-4-2-3-9(5-10)8-19/h2-7,19H,8H2,1H3,(H,18,20). The Balaban J connectivity index is 2.29. The minimum Gasteiger partial charge on any atom is -0.496 e. The van der Waals surface area contributed by atoms with Crippen LogP contribution in [0.15, 0.2) is 36.4 Å². The van der Waals surface area contributed by atoms with Crippen molar-refractivity contribution in [1.82, 2.24) is 0 Å². The van der Waals surface area contributed by atoms with Crippen molar-refractivity contribution in [2.75, 3.05) is 12.4 Å². The number of aliphatic hydroxyl groups is 1. The van der Waals surface area contributed by atoms with E-state index in [0.717, 1.165) is 9.13 Å². The number of nitrogens with one attached hydrogen (secondary N) is 1. The van der Waals surface area contributed by atoms with Crippen LogP contribution in [0.3, 0.4) is 0 Å². The largest absolute Gasteiger partial charge is 0.496 e. The molecule has 0 aromatic heterocycles. The zero-order chi connectivity index (χ0) is 15.4. The van der Waals surface area contributed by atoms with E-state index in [-0.39, 0.29) is 12.5 Å². The highest BCUT2D eigenvalue weighted by Gasteiger charge is 2.15. The third-order valence-electron chi connectivity index (χ3n) is 2.85. The highest BCUT2D eigenvalue weighted by molar-refractivity contribution is 14.1. The van der Waals surface area contributed by atoms with Gasteiger partial charge in [0.25, 0.3) is 5.91 Å². The van der Waals surface area contributed by atoms with Crippen LogP contribution in [-0.4, -0.2) is 18.1 Å². The average molecular weight is 418 g/mol. The predicted octanol–water partition coefficient (Wildman–Crippen LogP) is 3.70. The summed E-state index contributed by atoms with van der Waals surface area (Å²) in [6, 6.07) is 10.3. The molecule has 2 aromatic rings. The summed E-state index contributed by atoms with van der Waals surface area (Å²) < 4.78 is 6.03. The molecule has 0 saturated carbocycles. The number of methoxy groups -OCH3 is 1. The van der Waals surface area contributed by atoms with Gasteiger partial charge in [-0.2, -0.15) is 0 Å². The first kappa shape index (κ1) is 16.1. The highest BCUT2D eigenvalue weighted by atomic mass is 127. The Morgan fingerprint density at radius 3 is 2.81 bits per heavy atom. The molecule has 0 radical (unpaired) electrons. The molecule has 6 heteroatoms. The molecule has 4 nitrogen and oxygen atoms in total. The van der Waals surface area contributed by atoms with Crippen molar-refractivity contribution in [3.63, 3.8) is 0 Å². The van der Waals surface area contributed by atoms with Crippen molar-refractivity contribution in [2.45, 2.75) is 6.61 Å². The topological polar surface area (TPSA) is 58.6 Å². The minimum absolute atomic E-state index is 0.0810. The Morgan fingerprint density at radius 2 is 2.14 bits per heavy atom. The van der Waals surface area contributed by atoms with E-state index in [2.05, 4.69) is 27.9 Å². The minimum atomic E-state index is -0.319. The Bertz CT molecular complexity index is 676. The van der Waals surface area contributed by atoms with Gasteiger partial charge < -0.3 is 15.2 Å². The van der Waals surface area contributed by atoms with Gasteiger partial charge in [0.2, 0.25) is 0 Å². The number of anilines is 1. The number of ether oxygens (including phenoxy) is 1. The lowest BCUT2D eigenvalue weighted by atomic mass is 10.1. The molecule has 0 fully saturated rings. The quantitative estimate of drug-likeness (QED) is 0.746. The number of carbonyl (C=O) groups excluding carboxylic acids is 1. The number of amides is 1. The molecule has 0 aliphatic heterocycles. The van der Waals surface area contributed by atoms with E-state index in [1.807, 2.05) is 0 Å². The summed E-state index contributed by atoms with van der Waals surface area (Å²) >= 11 is 8.14. The van der Waals surface area contributed by atoms with Gasteiger partial charge in [0, 0.05) is 9.26 Å². The van der Waals surface area contributed by atoms with E-state index < -0.39 is 0 Å². The molecule has 1 amide bonds. The van der Waals surface area contributed by atoms with Crippen LogP contribution in [0.5, 0.6) is 5.75 Å². The molecule has 110 valence electrons. The van der Waals surface area contributed by atoms with E-state index >= 15 is 0 Å². The first-order valence-electron chi connectivity index (χ1n) is 6.09. The number of aliphatic hydroxyl groups excluding tert-OH is 1. The second-order valence-corrected chi connectivity index (χ2v) is 5.85. The van der Waals surface area contributed by atoms with Gasteiger partial charge in [-0.15, -0.1) is 0 Å². The average Bonchev–Trinajstić information content (AvgIpc) is 2.49. The number of hydrogen-bond donors (Lipinski definition) is 2. The second kappa shape index (κ2) is 7.11. The fourth-order valence-corrected chi connectivity index (χ4v) is 2.42. The number of halogens is 2. The number of carbonyl (C=O) groups is 1. The van der Waals surface area contributed by atoms with Gasteiger partial charge in [0.1, 0.15) is 5.75 Å². The Hall–Kier alpha value is -1.31. The number of benzene rings is 2. The van der Waals surface area contributed by atoms with Crippen LogP contribution in [0.1, 0.15) is 15.9 Å². The van der Waals surface area contributed by atoms with Crippen LogP contribution in [0.4, 0.5) is 5.69 Å². The maximum absolute atomic E-state index is 12.3. The molecule has 21 heavy (non-hydrogen) atoms. The van der Waals surface area contributed by atoms with Crippen LogP contribution in [0.2, 0.25) is 5.02 Å². The Labute approximate surface area is 141 Å². The van der Waals surface area contributed by atoms with Crippen molar-refractivity contribution in [2.24, 2.45) is 0 Å². The molecule has 2 N–H and O–H groups in total. The molecular weight excluding hydrogens is 405 g/mol. The first-order chi connectivity index (χ1) is 10.0. The lowest BCUT2D eigenvalue weighted by molar-refractivity contribution is 0.102. The van der Waals surface area contributed by atoms with E-state index in [4.69, 9.17) is 21.4 Å². The Kier molecular flexibility index (Phi) is 5.44. The monoisotopic (exact) mass is 417 g/mol. The zero-order valence-electron chi connectivity index (χ0n) is 11.2. The van der Waals surface area contributed by atoms with E-state index in [1.165, 1.54) is 7.11 Å².